The number of hydrogen-bond acceptors (Lipinski definition) is 4. The van der Waals surface area contributed by atoms with Crippen LogP contribution in [0, 0.1) is 0 Å². The maximum atomic E-state index is 12.5. The fourth-order valence-corrected chi connectivity index (χ4v) is 3.07. The van der Waals surface area contributed by atoms with Crippen molar-refractivity contribution in [2.24, 2.45) is 0 Å². The summed E-state index contributed by atoms with van der Waals surface area (Å²) in [6.07, 6.45) is 4.58. The number of amides is 1. The summed E-state index contributed by atoms with van der Waals surface area (Å²) in [6.45, 7) is 3.51. The Labute approximate surface area is 142 Å². The van der Waals surface area contributed by atoms with Crippen LogP contribution >= 0.6 is 0 Å². The molecule has 1 aliphatic rings. The first-order valence-corrected chi connectivity index (χ1v) is 8.31. The largest absolute Gasteiger partial charge is 0.383 e. The van der Waals surface area contributed by atoms with Crippen molar-refractivity contribution in [3.05, 3.63) is 54.1 Å². The topological polar surface area (TPSA) is 59.4 Å². The van der Waals surface area contributed by atoms with Crippen LogP contribution in [-0.2, 0) is 22.5 Å². The van der Waals surface area contributed by atoms with Crippen molar-refractivity contribution in [3.8, 4) is 0 Å². The van der Waals surface area contributed by atoms with E-state index >= 15 is 0 Å². The first kappa shape index (κ1) is 16.7. The number of methoxy groups -OCH3 is 1. The van der Waals surface area contributed by atoms with Gasteiger partial charge in [-0.2, -0.15) is 0 Å². The molecular formula is C18H24N4O2. The van der Waals surface area contributed by atoms with Crippen LogP contribution in [0.5, 0.6) is 0 Å². The quantitative estimate of drug-likeness (QED) is 0.777. The maximum absolute atomic E-state index is 12.5. The molecule has 0 unspecified atom stereocenters. The molecule has 2 aromatic rings. The third-order valence-corrected chi connectivity index (χ3v) is 4.37. The van der Waals surface area contributed by atoms with E-state index in [1.54, 1.807) is 13.4 Å². The molecule has 0 saturated carbocycles. The number of hydrogen-bond donors (Lipinski definition) is 1. The molecule has 0 aliphatic carbocycles. The highest BCUT2D eigenvalue weighted by atomic mass is 16.5. The first-order valence-electron chi connectivity index (χ1n) is 8.31. The second-order valence-corrected chi connectivity index (χ2v) is 6.06. The predicted molar refractivity (Wildman–Crippen MR) is 91.6 cm³/mol. The number of carbonyl (C=O) groups is 1. The van der Waals surface area contributed by atoms with Crippen molar-refractivity contribution in [1.29, 1.82) is 0 Å². The third kappa shape index (κ3) is 4.01. The summed E-state index contributed by atoms with van der Waals surface area (Å²) in [4.78, 5) is 19.1. The number of nitrogens with one attached hydrogen (secondary N) is 1. The Bertz CT molecular complexity index is 656. The van der Waals surface area contributed by atoms with Crippen LogP contribution in [0.1, 0.15) is 17.3 Å². The Kier molecular flexibility index (Phi) is 5.61. The standard InChI is InChI=1S/C18H24N4O2/c1-24-10-8-20-18(23)17-13-21(12-16-11-19-14-22(16)17)9-7-15-5-3-2-4-6-15/h2-6,11,14,17H,7-10,12-13H2,1H3,(H,20,23)/t17-/m0/s1. The molecule has 0 saturated heterocycles. The number of benzene rings is 1. The zero-order valence-electron chi connectivity index (χ0n) is 14.0. The van der Waals surface area contributed by atoms with Crippen LogP contribution in [0.2, 0.25) is 0 Å². The molecule has 1 atom stereocenters. The van der Waals surface area contributed by atoms with Crippen molar-refractivity contribution in [1.82, 2.24) is 19.8 Å². The lowest BCUT2D eigenvalue weighted by Crippen LogP contribution is -2.45. The number of ether oxygens (including phenoxy) is 1. The number of rotatable bonds is 7. The maximum Gasteiger partial charge on any atom is 0.244 e. The van der Waals surface area contributed by atoms with Gasteiger partial charge in [0.1, 0.15) is 6.04 Å². The van der Waals surface area contributed by atoms with Gasteiger partial charge in [-0.15, -0.1) is 0 Å². The van der Waals surface area contributed by atoms with Crippen LogP contribution < -0.4 is 5.32 Å². The summed E-state index contributed by atoms with van der Waals surface area (Å²) < 4.78 is 6.99. The van der Waals surface area contributed by atoms with Crippen molar-refractivity contribution >= 4 is 5.91 Å². The number of nitrogens with zero attached hydrogens (tertiary/aromatic N) is 3. The minimum Gasteiger partial charge on any atom is -0.383 e. The molecule has 24 heavy (non-hydrogen) atoms. The molecule has 1 aromatic carbocycles. The lowest BCUT2D eigenvalue weighted by molar-refractivity contribution is -0.125. The highest BCUT2D eigenvalue weighted by molar-refractivity contribution is 5.80. The number of imidazole rings is 1. The van der Waals surface area contributed by atoms with Gasteiger partial charge >= 0.3 is 0 Å². The van der Waals surface area contributed by atoms with Crippen LogP contribution in [0.15, 0.2) is 42.9 Å². The normalized spacial score (nSPS) is 17.5. The van der Waals surface area contributed by atoms with Crippen LogP contribution in [-0.4, -0.2) is 53.7 Å². The zero-order valence-corrected chi connectivity index (χ0v) is 14.0. The number of carbonyl (C=O) groups excluding carboxylic acids is 1. The lowest BCUT2D eigenvalue weighted by atomic mass is 10.1. The van der Waals surface area contributed by atoms with Gasteiger partial charge in [0.2, 0.25) is 5.91 Å². The Balaban J connectivity index is 1.63. The molecule has 128 valence electrons. The molecule has 0 bridgehead atoms. The van der Waals surface area contributed by atoms with Crippen LogP contribution in [0.3, 0.4) is 0 Å². The van der Waals surface area contributed by atoms with Gasteiger partial charge in [0.15, 0.2) is 0 Å². The van der Waals surface area contributed by atoms with Gasteiger partial charge in [-0.1, -0.05) is 30.3 Å². The van der Waals surface area contributed by atoms with Crippen molar-refractivity contribution in [3.63, 3.8) is 0 Å². The molecule has 1 amide bonds. The molecule has 0 fully saturated rings. The van der Waals surface area contributed by atoms with Gasteiger partial charge in [-0.05, 0) is 12.0 Å². The predicted octanol–water partition coefficient (Wildman–Crippen LogP) is 1.25. The highest BCUT2D eigenvalue weighted by Gasteiger charge is 2.29. The molecule has 0 spiro atoms. The number of fused-ring (bicyclic) bond motifs is 1. The monoisotopic (exact) mass is 328 g/mol. The molecule has 6 heteroatoms. The molecule has 1 aromatic heterocycles. The first-order chi connectivity index (χ1) is 11.8. The summed E-state index contributed by atoms with van der Waals surface area (Å²) in [5, 5.41) is 2.94. The van der Waals surface area contributed by atoms with E-state index < -0.39 is 0 Å². The minimum atomic E-state index is -0.233. The summed E-state index contributed by atoms with van der Waals surface area (Å²) >= 11 is 0. The molecular weight excluding hydrogens is 304 g/mol. The highest BCUT2D eigenvalue weighted by Crippen LogP contribution is 2.21. The average Bonchev–Trinajstić information content (AvgIpc) is 3.08. The minimum absolute atomic E-state index is 0.0238. The summed E-state index contributed by atoms with van der Waals surface area (Å²) in [5.41, 5.74) is 2.40. The molecule has 6 nitrogen and oxygen atoms in total. The van der Waals surface area contributed by atoms with E-state index in [9.17, 15) is 4.79 Å². The van der Waals surface area contributed by atoms with Gasteiger partial charge in [0.25, 0.3) is 0 Å². The van der Waals surface area contributed by atoms with Crippen LogP contribution in [0.25, 0.3) is 0 Å². The van der Waals surface area contributed by atoms with Gasteiger partial charge in [0, 0.05) is 39.5 Å². The SMILES string of the molecule is COCCNC(=O)[C@@H]1CN(CCc2ccccc2)Cc2cncn21. The van der Waals surface area contributed by atoms with Gasteiger partial charge in [-0.3, -0.25) is 9.69 Å². The fourth-order valence-electron chi connectivity index (χ4n) is 3.07. The Morgan fingerprint density at radius 2 is 2.21 bits per heavy atom. The summed E-state index contributed by atoms with van der Waals surface area (Å²) in [6, 6.07) is 10.2. The van der Waals surface area contributed by atoms with Crippen LogP contribution in [0.4, 0.5) is 0 Å². The van der Waals surface area contributed by atoms with E-state index in [4.69, 9.17) is 4.74 Å². The molecule has 2 heterocycles. The van der Waals surface area contributed by atoms with E-state index in [2.05, 4.69) is 39.5 Å². The Morgan fingerprint density at radius 3 is 3.00 bits per heavy atom. The van der Waals surface area contributed by atoms with E-state index in [1.165, 1.54) is 5.56 Å². The van der Waals surface area contributed by atoms with E-state index in [0.717, 1.165) is 25.2 Å². The Hall–Kier alpha value is -2.18. The van der Waals surface area contributed by atoms with Crippen molar-refractivity contribution < 1.29 is 9.53 Å². The second kappa shape index (κ2) is 8.08. The molecule has 3 rings (SSSR count). The summed E-state index contributed by atoms with van der Waals surface area (Å²) in [5.74, 6) is 0.0238. The van der Waals surface area contributed by atoms with E-state index in [0.29, 0.717) is 19.7 Å². The second-order valence-electron chi connectivity index (χ2n) is 6.06. The number of aromatic nitrogens is 2. The van der Waals surface area contributed by atoms with Gasteiger partial charge in [0.05, 0.1) is 18.6 Å². The molecule has 1 N–H and O–H groups in total. The molecule has 1 aliphatic heterocycles. The lowest BCUT2D eigenvalue weighted by Gasteiger charge is -2.33. The van der Waals surface area contributed by atoms with E-state index in [1.807, 2.05) is 16.8 Å². The van der Waals surface area contributed by atoms with Gasteiger partial charge in [-0.25, -0.2) is 4.98 Å². The molecule has 0 radical (unpaired) electrons. The summed E-state index contributed by atoms with van der Waals surface area (Å²) in [7, 11) is 1.63. The van der Waals surface area contributed by atoms with Gasteiger partial charge < -0.3 is 14.6 Å². The van der Waals surface area contributed by atoms with Crippen molar-refractivity contribution in [2.45, 2.75) is 19.0 Å². The van der Waals surface area contributed by atoms with E-state index in [-0.39, 0.29) is 11.9 Å². The zero-order chi connectivity index (χ0) is 16.8. The van der Waals surface area contributed by atoms with Crippen molar-refractivity contribution in [2.75, 3.05) is 33.4 Å². The third-order valence-electron chi connectivity index (χ3n) is 4.37. The Morgan fingerprint density at radius 1 is 1.38 bits per heavy atom. The smallest absolute Gasteiger partial charge is 0.244 e. The average molecular weight is 328 g/mol. The fraction of sp³-hybridized carbons (Fsp3) is 0.444.